The van der Waals surface area contributed by atoms with Gasteiger partial charge in [-0.3, -0.25) is 19.3 Å². The van der Waals surface area contributed by atoms with Crippen LogP contribution >= 0.6 is 0 Å². The second-order valence-electron chi connectivity index (χ2n) is 8.23. The molecule has 3 rings (SSSR count). The third-order valence-corrected chi connectivity index (χ3v) is 6.39. The maximum Gasteiger partial charge on any atom is 0.248 e. The molecule has 0 radical (unpaired) electrons. The molecule has 0 unspecified atom stereocenters. The molecule has 0 N–H and O–H groups in total. The molecule has 28 heavy (non-hydrogen) atoms. The van der Waals surface area contributed by atoms with Gasteiger partial charge in [0.1, 0.15) is 6.61 Å². The van der Waals surface area contributed by atoms with Gasteiger partial charge in [-0.2, -0.15) is 0 Å². The van der Waals surface area contributed by atoms with Gasteiger partial charge in [0, 0.05) is 52.3 Å². The Balaban J connectivity index is 1.48. The van der Waals surface area contributed by atoms with E-state index in [-0.39, 0.29) is 36.3 Å². The molecule has 0 spiro atoms. The summed E-state index contributed by atoms with van der Waals surface area (Å²) >= 11 is 0. The fraction of sp³-hybridized carbons (Fsp3) is 0.850. The zero-order chi connectivity index (χ0) is 20.1. The lowest BCUT2D eigenvalue weighted by atomic mass is 9.95. The summed E-state index contributed by atoms with van der Waals surface area (Å²) in [5.74, 6) is 0.384. The molecule has 0 bridgehead atoms. The predicted molar refractivity (Wildman–Crippen MR) is 105 cm³/mol. The van der Waals surface area contributed by atoms with Crippen molar-refractivity contribution in [2.75, 3.05) is 66.6 Å². The summed E-state index contributed by atoms with van der Waals surface area (Å²) in [7, 11) is 3.54. The highest BCUT2D eigenvalue weighted by molar-refractivity contribution is 5.83. The van der Waals surface area contributed by atoms with Crippen LogP contribution in [0.3, 0.4) is 0 Å². The Morgan fingerprint density at radius 2 is 1.43 bits per heavy atom. The van der Waals surface area contributed by atoms with Gasteiger partial charge < -0.3 is 19.4 Å². The average Bonchev–Trinajstić information content (AvgIpc) is 2.98. The van der Waals surface area contributed by atoms with Crippen molar-refractivity contribution in [2.24, 2.45) is 5.92 Å². The van der Waals surface area contributed by atoms with Crippen molar-refractivity contribution in [2.45, 2.75) is 38.1 Å². The van der Waals surface area contributed by atoms with Crippen molar-refractivity contribution >= 4 is 17.7 Å². The maximum absolute atomic E-state index is 13.0. The lowest BCUT2D eigenvalue weighted by Crippen LogP contribution is -2.47. The Labute approximate surface area is 167 Å². The standard InChI is InChI=1S/C20H34N4O4/c1-21-8-3-5-17(21)20(27)24-10-4-9-23(13-14-24)19(26)16-6-11-22(12-7-16)18(25)15-28-2/h16-17H,3-15H2,1-2H3/t17-/m1/s1. The summed E-state index contributed by atoms with van der Waals surface area (Å²) in [5.41, 5.74) is 0. The van der Waals surface area contributed by atoms with Crippen molar-refractivity contribution in [1.82, 2.24) is 19.6 Å². The van der Waals surface area contributed by atoms with Gasteiger partial charge in [-0.15, -0.1) is 0 Å². The summed E-state index contributed by atoms with van der Waals surface area (Å²) in [6.07, 6.45) is 4.27. The number of carbonyl (C=O) groups is 3. The molecule has 0 aromatic heterocycles. The summed E-state index contributed by atoms with van der Waals surface area (Å²) < 4.78 is 4.91. The highest BCUT2D eigenvalue weighted by Gasteiger charge is 2.34. The number of nitrogens with zero attached hydrogens (tertiary/aromatic N) is 4. The first-order valence-corrected chi connectivity index (χ1v) is 10.6. The first kappa shape index (κ1) is 21.0. The largest absolute Gasteiger partial charge is 0.375 e. The molecule has 158 valence electrons. The van der Waals surface area contributed by atoms with E-state index < -0.39 is 0 Å². The van der Waals surface area contributed by atoms with E-state index in [2.05, 4.69) is 4.90 Å². The normalized spacial score (nSPS) is 25.1. The van der Waals surface area contributed by atoms with Crippen LogP contribution in [-0.2, 0) is 19.1 Å². The number of methoxy groups -OCH3 is 1. The molecule has 3 fully saturated rings. The predicted octanol–water partition coefficient (Wildman–Crippen LogP) is 0.0265. The van der Waals surface area contributed by atoms with Crippen LogP contribution in [0.5, 0.6) is 0 Å². The molecular formula is C20H34N4O4. The van der Waals surface area contributed by atoms with Crippen LogP contribution in [0.1, 0.15) is 32.1 Å². The van der Waals surface area contributed by atoms with Gasteiger partial charge in [0.05, 0.1) is 6.04 Å². The monoisotopic (exact) mass is 394 g/mol. The fourth-order valence-electron chi connectivity index (χ4n) is 4.64. The van der Waals surface area contributed by atoms with Crippen molar-refractivity contribution < 1.29 is 19.1 Å². The average molecular weight is 395 g/mol. The van der Waals surface area contributed by atoms with Crippen LogP contribution in [0.4, 0.5) is 0 Å². The third kappa shape index (κ3) is 4.84. The lowest BCUT2D eigenvalue weighted by Gasteiger charge is -2.34. The minimum atomic E-state index is -0.0187. The molecular weight excluding hydrogens is 360 g/mol. The molecule has 3 amide bonds. The Morgan fingerprint density at radius 1 is 0.786 bits per heavy atom. The zero-order valence-corrected chi connectivity index (χ0v) is 17.3. The summed E-state index contributed by atoms with van der Waals surface area (Å²) in [5, 5.41) is 0. The molecule has 1 atom stereocenters. The van der Waals surface area contributed by atoms with E-state index in [0.717, 1.165) is 32.4 Å². The van der Waals surface area contributed by atoms with E-state index in [0.29, 0.717) is 45.6 Å². The van der Waals surface area contributed by atoms with Gasteiger partial charge >= 0.3 is 0 Å². The van der Waals surface area contributed by atoms with Gasteiger partial charge in [-0.25, -0.2) is 0 Å². The topological polar surface area (TPSA) is 73.4 Å². The maximum atomic E-state index is 13.0. The first-order chi connectivity index (χ1) is 13.5. The van der Waals surface area contributed by atoms with E-state index >= 15 is 0 Å². The van der Waals surface area contributed by atoms with Crippen molar-refractivity contribution in [3.63, 3.8) is 0 Å². The van der Waals surface area contributed by atoms with Gasteiger partial charge in [-0.05, 0) is 45.7 Å². The molecule has 8 heteroatoms. The van der Waals surface area contributed by atoms with E-state index in [4.69, 9.17) is 4.74 Å². The number of hydrogen-bond donors (Lipinski definition) is 0. The first-order valence-electron chi connectivity index (χ1n) is 10.6. The Hall–Kier alpha value is -1.67. The molecule has 0 saturated carbocycles. The van der Waals surface area contributed by atoms with Crippen LogP contribution in [0.25, 0.3) is 0 Å². The SMILES string of the molecule is COCC(=O)N1CCC(C(=O)N2CCCN(C(=O)[C@H]3CCCN3C)CC2)CC1. The number of carbonyl (C=O) groups excluding carboxylic acids is 3. The number of ether oxygens (including phenoxy) is 1. The number of rotatable bonds is 4. The Bertz CT molecular complexity index is 577. The Morgan fingerprint density at radius 3 is 2.00 bits per heavy atom. The molecule has 0 aromatic carbocycles. The van der Waals surface area contributed by atoms with Gasteiger partial charge in [-0.1, -0.05) is 0 Å². The minimum Gasteiger partial charge on any atom is -0.375 e. The van der Waals surface area contributed by atoms with E-state index in [1.165, 1.54) is 7.11 Å². The Kier molecular flexibility index (Phi) is 7.29. The van der Waals surface area contributed by atoms with E-state index in [1.807, 2.05) is 16.8 Å². The number of hydrogen-bond acceptors (Lipinski definition) is 5. The second-order valence-corrected chi connectivity index (χ2v) is 8.23. The van der Waals surface area contributed by atoms with Crippen LogP contribution in [0.15, 0.2) is 0 Å². The van der Waals surface area contributed by atoms with Crippen LogP contribution in [0.2, 0.25) is 0 Å². The molecule has 3 heterocycles. The van der Waals surface area contributed by atoms with Crippen LogP contribution < -0.4 is 0 Å². The molecule has 8 nitrogen and oxygen atoms in total. The van der Waals surface area contributed by atoms with E-state index in [1.54, 1.807) is 4.90 Å². The minimum absolute atomic E-state index is 0.00536. The molecule has 3 aliphatic heterocycles. The molecule has 3 aliphatic rings. The fourth-order valence-corrected chi connectivity index (χ4v) is 4.64. The molecule has 0 aliphatic carbocycles. The molecule has 0 aromatic rings. The highest BCUT2D eigenvalue weighted by Crippen LogP contribution is 2.22. The second kappa shape index (κ2) is 9.69. The summed E-state index contributed by atoms with van der Waals surface area (Å²) in [4.78, 5) is 45.5. The smallest absolute Gasteiger partial charge is 0.248 e. The summed E-state index contributed by atoms with van der Waals surface area (Å²) in [6.45, 7) is 5.01. The van der Waals surface area contributed by atoms with Gasteiger partial charge in [0.15, 0.2) is 0 Å². The van der Waals surface area contributed by atoms with Crippen LogP contribution in [0, 0.1) is 5.92 Å². The zero-order valence-electron chi connectivity index (χ0n) is 17.3. The van der Waals surface area contributed by atoms with E-state index in [9.17, 15) is 14.4 Å². The number of piperidine rings is 1. The van der Waals surface area contributed by atoms with Gasteiger partial charge in [0.25, 0.3) is 0 Å². The third-order valence-electron chi connectivity index (χ3n) is 6.39. The van der Waals surface area contributed by atoms with Gasteiger partial charge in [0.2, 0.25) is 17.7 Å². The lowest BCUT2D eigenvalue weighted by molar-refractivity contribution is -0.142. The number of likely N-dealkylation sites (N-methyl/N-ethyl adjacent to an activating group) is 1. The number of likely N-dealkylation sites (tertiary alicyclic amines) is 2. The van der Waals surface area contributed by atoms with Crippen molar-refractivity contribution in [3.8, 4) is 0 Å². The van der Waals surface area contributed by atoms with Crippen LogP contribution in [-0.4, -0.2) is 110 Å². The van der Waals surface area contributed by atoms with Crippen molar-refractivity contribution in [3.05, 3.63) is 0 Å². The highest BCUT2D eigenvalue weighted by atomic mass is 16.5. The quantitative estimate of drug-likeness (QED) is 0.673. The summed E-state index contributed by atoms with van der Waals surface area (Å²) in [6, 6.07) is 0.0104. The number of amides is 3. The van der Waals surface area contributed by atoms with Crippen molar-refractivity contribution in [1.29, 1.82) is 0 Å². The molecule has 3 saturated heterocycles.